The monoisotopic (exact) mass is 238 g/mol. The molecule has 0 amide bonds. The van der Waals surface area contributed by atoms with Crippen molar-refractivity contribution in [3.05, 3.63) is 34.3 Å². The Labute approximate surface area is 86.7 Å². The summed E-state index contributed by atoms with van der Waals surface area (Å²) in [5.41, 5.74) is 1.15. The van der Waals surface area contributed by atoms with Crippen LogP contribution in [-0.2, 0) is 0 Å². The molecule has 1 unspecified atom stereocenters. The first-order valence-corrected chi connectivity index (χ1v) is 4.87. The molecule has 1 N–H and O–H groups in total. The van der Waals surface area contributed by atoms with Crippen LogP contribution < -0.4 is 5.32 Å². The molecule has 0 aliphatic heterocycles. The van der Waals surface area contributed by atoms with Crippen molar-refractivity contribution in [2.45, 2.75) is 12.5 Å². The van der Waals surface area contributed by atoms with E-state index in [0.717, 1.165) is 10.0 Å². The first kappa shape index (κ1) is 10.2. The Bertz CT molecular complexity index is 300. The number of halogens is 1. The van der Waals surface area contributed by atoms with E-state index in [4.69, 9.17) is 5.26 Å². The first-order chi connectivity index (χ1) is 6.27. The maximum absolute atomic E-state index is 8.58. The lowest BCUT2D eigenvalue weighted by Gasteiger charge is -2.12. The highest BCUT2D eigenvalue weighted by molar-refractivity contribution is 9.10. The maximum Gasteiger partial charge on any atom is 0.0641 e. The van der Waals surface area contributed by atoms with Crippen LogP contribution >= 0.6 is 15.9 Å². The average molecular weight is 239 g/mol. The minimum Gasteiger partial charge on any atom is -0.312 e. The van der Waals surface area contributed by atoms with Crippen LogP contribution in [0.5, 0.6) is 0 Å². The molecule has 0 spiro atoms. The van der Waals surface area contributed by atoms with Crippen molar-refractivity contribution in [2.24, 2.45) is 0 Å². The standard InChI is InChI=1S/C10H11BrN2/c1-13-10(6-7-12)8-2-4-9(11)5-3-8/h2-5,10,13H,6H2,1H3. The zero-order valence-electron chi connectivity index (χ0n) is 7.42. The van der Waals surface area contributed by atoms with Crippen molar-refractivity contribution in [3.63, 3.8) is 0 Å². The van der Waals surface area contributed by atoms with Gasteiger partial charge in [-0.15, -0.1) is 0 Å². The highest BCUT2D eigenvalue weighted by atomic mass is 79.9. The van der Waals surface area contributed by atoms with E-state index in [9.17, 15) is 0 Å². The third-order valence-electron chi connectivity index (χ3n) is 1.92. The van der Waals surface area contributed by atoms with E-state index in [0.29, 0.717) is 6.42 Å². The van der Waals surface area contributed by atoms with Crippen LogP contribution in [0.4, 0.5) is 0 Å². The fourth-order valence-electron chi connectivity index (χ4n) is 1.17. The van der Waals surface area contributed by atoms with Crippen LogP contribution in [0.3, 0.4) is 0 Å². The molecule has 0 heterocycles. The summed E-state index contributed by atoms with van der Waals surface area (Å²) in [6.07, 6.45) is 0.498. The van der Waals surface area contributed by atoms with Crippen LogP contribution in [0.2, 0.25) is 0 Å². The largest absolute Gasteiger partial charge is 0.312 e. The Hall–Kier alpha value is -0.850. The van der Waals surface area contributed by atoms with Crippen LogP contribution in [-0.4, -0.2) is 7.05 Å². The minimum atomic E-state index is 0.137. The molecule has 0 bridgehead atoms. The SMILES string of the molecule is CNC(CC#N)c1ccc(Br)cc1. The third-order valence-corrected chi connectivity index (χ3v) is 2.44. The van der Waals surface area contributed by atoms with Gasteiger partial charge in [0.25, 0.3) is 0 Å². The van der Waals surface area contributed by atoms with Gasteiger partial charge in [0.15, 0.2) is 0 Å². The summed E-state index contributed by atoms with van der Waals surface area (Å²) < 4.78 is 1.06. The van der Waals surface area contributed by atoms with Crippen LogP contribution in [0.1, 0.15) is 18.0 Å². The summed E-state index contributed by atoms with van der Waals surface area (Å²) in [5.74, 6) is 0. The van der Waals surface area contributed by atoms with Gasteiger partial charge in [-0.25, -0.2) is 0 Å². The molecular weight excluding hydrogens is 228 g/mol. The van der Waals surface area contributed by atoms with E-state index in [1.54, 1.807) is 0 Å². The van der Waals surface area contributed by atoms with E-state index < -0.39 is 0 Å². The summed E-state index contributed by atoms with van der Waals surface area (Å²) >= 11 is 3.37. The molecule has 2 nitrogen and oxygen atoms in total. The van der Waals surface area contributed by atoms with E-state index >= 15 is 0 Å². The molecule has 1 atom stereocenters. The fourth-order valence-corrected chi connectivity index (χ4v) is 1.44. The third kappa shape index (κ3) is 2.83. The predicted molar refractivity (Wildman–Crippen MR) is 56.2 cm³/mol. The van der Waals surface area contributed by atoms with Crippen molar-refractivity contribution in [1.82, 2.24) is 5.32 Å². The van der Waals surface area contributed by atoms with Gasteiger partial charge in [-0.05, 0) is 24.7 Å². The average Bonchev–Trinajstić information content (AvgIpc) is 2.16. The zero-order valence-corrected chi connectivity index (χ0v) is 9.01. The Kier molecular flexibility index (Phi) is 3.94. The number of nitriles is 1. The van der Waals surface area contributed by atoms with Gasteiger partial charge in [0, 0.05) is 10.5 Å². The van der Waals surface area contributed by atoms with Crippen LogP contribution in [0.15, 0.2) is 28.7 Å². The van der Waals surface area contributed by atoms with Crippen molar-refractivity contribution < 1.29 is 0 Å². The Morgan fingerprint density at radius 2 is 2.08 bits per heavy atom. The molecule has 3 heteroatoms. The van der Waals surface area contributed by atoms with Crippen molar-refractivity contribution >= 4 is 15.9 Å². The summed E-state index contributed by atoms with van der Waals surface area (Å²) in [7, 11) is 1.87. The smallest absolute Gasteiger partial charge is 0.0641 e. The van der Waals surface area contributed by atoms with Gasteiger partial charge < -0.3 is 5.32 Å². The number of rotatable bonds is 3. The first-order valence-electron chi connectivity index (χ1n) is 4.07. The lowest BCUT2D eigenvalue weighted by molar-refractivity contribution is 0.608. The van der Waals surface area contributed by atoms with E-state index in [1.165, 1.54) is 0 Å². The molecule has 0 radical (unpaired) electrons. The Balaban J connectivity index is 2.80. The van der Waals surface area contributed by atoms with Crippen molar-refractivity contribution in [1.29, 1.82) is 5.26 Å². The zero-order chi connectivity index (χ0) is 9.68. The number of nitrogens with zero attached hydrogens (tertiary/aromatic N) is 1. The van der Waals surface area contributed by atoms with Gasteiger partial charge in [0.05, 0.1) is 12.5 Å². The quantitative estimate of drug-likeness (QED) is 0.879. The van der Waals surface area contributed by atoms with Gasteiger partial charge in [0.2, 0.25) is 0 Å². The number of nitrogens with one attached hydrogen (secondary N) is 1. The highest BCUT2D eigenvalue weighted by Gasteiger charge is 2.07. The van der Waals surface area contributed by atoms with Crippen molar-refractivity contribution in [3.8, 4) is 6.07 Å². The van der Waals surface area contributed by atoms with E-state index in [2.05, 4.69) is 27.3 Å². The van der Waals surface area contributed by atoms with Gasteiger partial charge in [0.1, 0.15) is 0 Å². The molecule has 1 aromatic carbocycles. The van der Waals surface area contributed by atoms with Gasteiger partial charge in [-0.2, -0.15) is 5.26 Å². The van der Waals surface area contributed by atoms with Gasteiger partial charge in [-0.1, -0.05) is 28.1 Å². The van der Waals surface area contributed by atoms with Crippen molar-refractivity contribution in [2.75, 3.05) is 7.05 Å². The lowest BCUT2D eigenvalue weighted by Crippen LogP contribution is -2.15. The van der Waals surface area contributed by atoms with Crippen LogP contribution in [0, 0.1) is 11.3 Å². The molecule has 68 valence electrons. The second kappa shape index (κ2) is 5.00. The number of hydrogen-bond acceptors (Lipinski definition) is 2. The molecule has 0 aliphatic rings. The summed E-state index contributed by atoms with van der Waals surface area (Å²) in [6.45, 7) is 0. The molecule has 0 saturated carbocycles. The molecule has 1 aromatic rings. The second-order valence-corrected chi connectivity index (χ2v) is 3.67. The normalized spacial score (nSPS) is 12.1. The summed E-state index contributed by atoms with van der Waals surface area (Å²) in [6, 6.07) is 10.3. The molecule has 13 heavy (non-hydrogen) atoms. The Morgan fingerprint density at radius 3 is 2.54 bits per heavy atom. The lowest BCUT2D eigenvalue weighted by atomic mass is 10.1. The fraction of sp³-hybridized carbons (Fsp3) is 0.300. The number of benzene rings is 1. The molecule has 0 fully saturated rings. The molecule has 1 rings (SSSR count). The topological polar surface area (TPSA) is 35.8 Å². The summed E-state index contributed by atoms with van der Waals surface area (Å²) in [5, 5.41) is 11.7. The molecule has 0 saturated heterocycles. The van der Waals surface area contributed by atoms with Crippen LogP contribution in [0.25, 0.3) is 0 Å². The van der Waals surface area contributed by atoms with Gasteiger partial charge >= 0.3 is 0 Å². The maximum atomic E-state index is 8.58. The second-order valence-electron chi connectivity index (χ2n) is 2.76. The summed E-state index contributed by atoms with van der Waals surface area (Å²) in [4.78, 5) is 0. The highest BCUT2D eigenvalue weighted by Crippen LogP contribution is 2.18. The molecular formula is C10H11BrN2. The molecule has 0 aliphatic carbocycles. The minimum absolute atomic E-state index is 0.137. The Morgan fingerprint density at radius 1 is 1.46 bits per heavy atom. The van der Waals surface area contributed by atoms with Gasteiger partial charge in [-0.3, -0.25) is 0 Å². The number of hydrogen-bond donors (Lipinski definition) is 1. The van der Waals surface area contributed by atoms with E-state index in [-0.39, 0.29) is 6.04 Å². The predicted octanol–water partition coefficient (Wildman–Crippen LogP) is 2.62. The van der Waals surface area contributed by atoms with E-state index in [1.807, 2.05) is 31.3 Å². The molecule has 0 aromatic heterocycles.